The van der Waals surface area contributed by atoms with E-state index < -0.39 is 18.1 Å². The van der Waals surface area contributed by atoms with Gasteiger partial charge in [-0.3, -0.25) is 0 Å². The first-order valence-electron chi connectivity index (χ1n) is 2.73. The SMILES string of the molecule is C#CC(O)C(F)=CC(C)F. The fourth-order valence-corrected chi connectivity index (χ4v) is 0.390. The Hall–Kier alpha value is -0.880. The van der Waals surface area contributed by atoms with Crippen LogP contribution >= 0.6 is 0 Å². The molecular formula is C7H8F2O. The molecule has 0 heterocycles. The van der Waals surface area contributed by atoms with Crippen molar-refractivity contribution in [3.05, 3.63) is 11.9 Å². The van der Waals surface area contributed by atoms with Gasteiger partial charge in [-0.15, -0.1) is 6.42 Å². The van der Waals surface area contributed by atoms with Gasteiger partial charge in [0.2, 0.25) is 0 Å². The van der Waals surface area contributed by atoms with Crippen LogP contribution in [0.15, 0.2) is 11.9 Å². The molecule has 0 aromatic heterocycles. The van der Waals surface area contributed by atoms with Crippen molar-refractivity contribution >= 4 is 0 Å². The molecule has 2 atom stereocenters. The molecule has 0 saturated carbocycles. The maximum atomic E-state index is 12.3. The van der Waals surface area contributed by atoms with Crippen molar-refractivity contribution in [1.29, 1.82) is 0 Å². The molecule has 0 aromatic carbocycles. The highest BCUT2D eigenvalue weighted by atomic mass is 19.1. The third-order valence-corrected chi connectivity index (χ3v) is 0.808. The van der Waals surface area contributed by atoms with Gasteiger partial charge in [0.05, 0.1) is 0 Å². The van der Waals surface area contributed by atoms with E-state index in [1.807, 2.05) is 0 Å². The molecular weight excluding hydrogens is 138 g/mol. The van der Waals surface area contributed by atoms with Crippen LogP contribution in [0.25, 0.3) is 0 Å². The Morgan fingerprint density at radius 1 is 1.80 bits per heavy atom. The summed E-state index contributed by atoms with van der Waals surface area (Å²) in [6.07, 6.45) is 2.23. The van der Waals surface area contributed by atoms with Crippen molar-refractivity contribution in [3.8, 4) is 12.3 Å². The van der Waals surface area contributed by atoms with Gasteiger partial charge < -0.3 is 5.11 Å². The molecule has 0 spiro atoms. The molecule has 0 aliphatic carbocycles. The first-order chi connectivity index (χ1) is 4.57. The summed E-state index contributed by atoms with van der Waals surface area (Å²) in [5, 5.41) is 8.53. The van der Waals surface area contributed by atoms with Crippen molar-refractivity contribution in [3.63, 3.8) is 0 Å². The van der Waals surface area contributed by atoms with Gasteiger partial charge in [0.25, 0.3) is 0 Å². The van der Waals surface area contributed by atoms with Crippen LogP contribution in [0, 0.1) is 12.3 Å². The normalized spacial score (nSPS) is 17.7. The Bertz CT molecular complexity index is 167. The van der Waals surface area contributed by atoms with Crippen LogP contribution in [-0.2, 0) is 0 Å². The van der Waals surface area contributed by atoms with Crippen molar-refractivity contribution in [2.75, 3.05) is 0 Å². The molecule has 0 rings (SSSR count). The largest absolute Gasteiger partial charge is 0.374 e. The Morgan fingerprint density at radius 2 is 2.30 bits per heavy atom. The van der Waals surface area contributed by atoms with E-state index in [9.17, 15) is 8.78 Å². The maximum Gasteiger partial charge on any atom is 0.165 e. The van der Waals surface area contributed by atoms with Crippen LogP contribution in [0.4, 0.5) is 8.78 Å². The van der Waals surface area contributed by atoms with Gasteiger partial charge >= 0.3 is 0 Å². The highest BCUT2D eigenvalue weighted by molar-refractivity contribution is 5.13. The molecule has 0 fully saturated rings. The number of allylic oxidation sites excluding steroid dienone is 1. The molecule has 0 amide bonds. The van der Waals surface area contributed by atoms with E-state index in [-0.39, 0.29) is 0 Å². The highest BCUT2D eigenvalue weighted by Crippen LogP contribution is 2.05. The van der Waals surface area contributed by atoms with Crippen LogP contribution in [0.2, 0.25) is 0 Å². The Labute approximate surface area is 58.4 Å². The lowest BCUT2D eigenvalue weighted by Crippen LogP contribution is -2.04. The van der Waals surface area contributed by atoms with Gasteiger partial charge in [-0.05, 0) is 13.0 Å². The van der Waals surface area contributed by atoms with Crippen LogP contribution < -0.4 is 0 Å². The standard InChI is InChI=1S/C7H8F2O/c1-3-7(10)6(9)4-5(2)8/h1,4-5,7,10H,2H3. The first kappa shape index (κ1) is 9.12. The molecule has 2 unspecified atom stereocenters. The number of rotatable bonds is 2. The Balaban J connectivity index is 4.08. The third-order valence-electron chi connectivity index (χ3n) is 0.808. The lowest BCUT2D eigenvalue weighted by molar-refractivity contribution is 0.234. The second kappa shape index (κ2) is 4.02. The summed E-state index contributed by atoms with van der Waals surface area (Å²) in [7, 11) is 0. The molecule has 1 N–H and O–H groups in total. The lowest BCUT2D eigenvalue weighted by Gasteiger charge is -1.98. The highest BCUT2D eigenvalue weighted by Gasteiger charge is 2.06. The second-order valence-electron chi connectivity index (χ2n) is 1.80. The molecule has 10 heavy (non-hydrogen) atoms. The predicted molar refractivity (Wildman–Crippen MR) is 34.6 cm³/mol. The molecule has 0 aliphatic rings. The zero-order valence-corrected chi connectivity index (χ0v) is 5.51. The topological polar surface area (TPSA) is 20.2 Å². The van der Waals surface area contributed by atoms with E-state index in [0.29, 0.717) is 6.08 Å². The smallest absolute Gasteiger partial charge is 0.165 e. The molecule has 1 nitrogen and oxygen atoms in total. The minimum Gasteiger partial charge on any atom is -0.374 e. The molecule has 0 aromatic rings. The number of terminal acetylenes is 1. The second-order valence-corrected chi connectivity index (χ2v) is 1.80. The molecule has 0 radical (unpaired) electrons. The van der Waals surface area contributed by atoms with Gasteiger partial charge in [0, 0.05) is 0 Å². The zero-order valence-electron chi connectivity index (χ0n) is 5.51. The number of aliphatic hydroxyl groups excluding tert-OH is 1. The summed E-state index contributed by atoms with van der Waals surface area (Å²) in [6, 6.07) is 0. The van der Waals surface area contributed by atoms with E-state index in [4.69, 9.17) is 5.11 Å². The average molecular weight is 146 g/mol. The van der Waals surface area contributed by atoms with Crippen LogP contribution in [-0.4, -0.2) is 17.4 Å². The zero-order chi connectivity index (χ0) is 8.15. The minimum atomic E-state index is -1.61. The summed E-state index contributed by atoms with van der Waals surface area (Å²) in [5.74, 6) is 0.699. The van der Waals surface area contributed by atoms with Crippen LogP contribution in [0.1, 0.15) is 6.92 Å². The van der Waals surface area contributed by atoms with Crippen LogP contribution in [0.5, 0.6) is 0 Å². The molecule has 0 saturated heterocycles. The van der Waals surface area contributed by atoms with Crippen molar-refractivity contribution in [2.45, 2.75) is 19.2 Å². The number of halogens is 2. The summed E-state index contributed by atoms with van der Waals surface area (Å²) < 4.78 is 24.2. The van der Waals surface area contributed by atoms with E-state index in [1.54, 1.807) is 5.92 Å². The Kier molecular flexibility index (Phi) is 3.67. The number of alkyl halides is 1. The van der Waals surface area contributed by atoms with Crippen molar-refractivity contribution in [2.24, 2.45) is 0 Å². The van der Waals surface area contributed by atoms with Gasteiger partial charge in [0.1, 0.15) is 12.0 Å². The third kappa shape index (κ3) is 3.21. The molecule has 56 valence electrons. The maximum absolute atomic E-state index is 12.3. The van der Waals surface area contributed by atoms with Gasteiger partial charge in [-0.1, -0.05) is 5.92 Å². The van der Waals surface area contributed by atoms with Crippen molar-refractivity contribution < 1.29 is 13.9 Å². The molecule has 3 heteroatoms. The summed E-state index contributed by atoms with van der Waals surface area (Å²) in [6.45, 7) is 1.14. The van der Waals surface area contributed by atoms with E-state index in [1.165, 1.54) is 0 Å². The quantitative estimate of drug-likeness (QED) is 0.580. The van der Waals surface area contributed by atoms with Gasteiger partial charge in [-0.25, -0.2) is 8.78 Å². The van der Waals surface area contributed by atoms with Crippen LogP contribution in [0.3, 0.4) is 0 Å². The number of hydrogen-bond donors (Lipinski definition) is 1. The predicted octanol–water partition coefficient (Wildman–Crippen LogP) is 1.19. The Morgan fingerprint density at radius 3 is 2.60 bits per heavy atom. The fourth-order valence-electron chi connectivity index (χ4n) is 0.390. The van der Waals surface area contributed by atoms with Gasteiger partial charge in [-0.2, -0.15) is 0 Å². The van der Waals surface area contributed by atoms with E-state index in [0.717, 1.165) is 6.92 Å². The minimum absolute atomic E-state index is 0.629. The van der Waals surface area contributed by atoms with Gasteiger partial charge in [0.15, 0.2) is 6.10 Å². The summed E-state index contributed by atoms with van der Waals surface area (Å²) in [5.41, 5.74) is 0. The lowest BCUT2D eigenvalue weighted by atomic mass is 10.2. The number of hydrogen-bond acceptors (Lipinski definition) is 1. The summed E-state index contributed by atoms with van der Waals surface area (Å²) in [4.78, 5) is 0. The first-order valence-corrected chi connectivity index (χ1v) is 2.73. The fraction of sp³-hybridized carbons (Fsp3) is 0.429. The summed E-state index contributed by atoms with van der Waals surface area (Å²) >= 11 is 0. The molecule has 0 aliphatic heterocycles. The molecule has 0 bridgehead atoms. The van der Waals surface area contributed by atoms with E-state index >= 15 is 0 Å². The van der Waals surface area contributed by atoms with E-state index in [2.05, 4.69) is 6.42 Å². The monoisotopic (exact) mass is 146 g/mol. The van der Waals surface area contributed by atoms with Crippen molar-refractivity contribution in [1.82, 2.24) is 0 Å². The average Bonchev–Trinajstić information content (AvgIpc) is 1.85. The number of aliphatic hydroxyl groups is 1.